The van der Waals surface area contributed by atoms with E-state index in [2.05, 4.69) is 5.32 Å². The van der Waals surface area contributed by atoms with E-state index in [0.29, 0.717) is 30.8 Å². The van der Waals surface area contributed by atoms with Crippen molar-refractivity contribution in [1.82, 2.24) is 5.32 Å². The Morgan fingerprint density at radius 1 is 1.39 bits per heavy atom. The number of carbonyl (C=O) groups excluding carboxylic acids is 2. The molecule has 0 aliphatic carbocycles. The molecular weight excluding hydrogens is 254 g/mol. The first-order chi connectivity index (χ1) is 8.63. The maximum Gasteiger partial charge on any atom is 0.306 e. The second-order valence-electron chi connectivity index (χ2n) is 4.26. The molecule has 1 aromatic carbocycles. The summed E-state index contributed by atoms with van der Waals surface area (Å²) in [5.74, 6) is -0.271. The van der Waals surface area contributed by atoms with Crippen molar-refractivity contribution in [3.63, 3.8) is 0 Å². The van der Waals surface area contributed by atoms with Crippen LogP contribution in [-0.2, 0) is 20.7 Å². The highest BCUT2D eigenvalue weighted by Crippen LogP contribution is 2.13. The minimum Gasteiger partial charge on any atom is -0.460 e. The van der Waals surface area contributed by atoms with E-state index in [9.17, 15) is 9.59 Å². The fourth-order valence-electron chi connectivity index (χ4n) is 1.80. The number of carbonyl (C=O) groups is 2. The van der Waals surface area contributed by atoms with Gasteiger partial charge in [0.2, 0.25) is 5.91 Å². The first kappa shape index (κ1) is 12.9. The molecule has 1 saturated heterocycles. The molecule has 5 heteroatoms. The summed E-state index contributed by atoms with van der Waals surface area (Å²) in [6.07, 6.45) is 1.25. The van der Waals surface area contributed by atoms with Gasteiger partial charge in [-0.15, -0.1) is 0 Å². The number of esters is 1. The molecule has 1 heterocycles. The number of hydrogen-bond donors (Lipinski definition) is 1. The van der Waals surface area contributed by atoms with Crippen molar-refractivity contribution in [2.45, 2.75) is 25.4 Å². The Morgan fingerprint density at radius 3 is 2.72 bits per heavy atom. The summed E-state index contributed by atoms with van der Waals surface area (Å²) < 4.78 is 5.01. The first-order valence-electron chi connectivity index (χ1n) is 5.84. The molecule has 4 nitrogen and oxygen atoms in total. The Balaban J connectivity index is 1.75. The van der Waals surface area contributed by atoms with Crippen LogP contribution in [0.3, 0.4) is 0 Å². The molecule has 96 valence electrons. The topological polar surface area (TPSA) is 55.4 Å². The van der Waals surface area contributed by atoms with Crippen molar-refractivity contribution < 1.29 is 14.3 Å². The maximum absolute atomic E-state index is 11.7. The average Bonchev–Trinajstić information content (AvgIpc) is 2.76. The van der Waals surface area contributed by atoms with Crippen LogP contribution in [0.4, 0.5) is 0 Å². The number of rotatable bonds is 4. The van der Waals surface area contributed by atoms with E-state index >= 15 is 0 Å². The van der Waals surface area contributed by atoms with Gasteiger partial charge in [-0.25, -0.2) is 0 Å². The second-order valence-corrected chi connectivity index (χ2v) is 4.69. The van der Waals surface area contributed by atoms with Gasteiger partial charge in [-0.3, -0.25) is 9.59 Å². The Hall–Kier alpha value is -1.55. The van der Waals surface area contributed by atoms with Crippen molar-refractivity contribution in [2.75, 3.05) is 6.54 Å². The molecule has 0 bridgehead atoms. The quantitative estimate of drug-likeness (QED) is 0.845. The van der Waals surface area contributed by atoms with Gasteiger partial charge >= 0.3 is 5.97 Å². The predicted octanol–water partition coefficient (Wildman–Crippen LogP) is 1.70. The van der Waals surface area contributed by atoms with E-state index in [1.165, 1.54) is 0 Å². The zero-order chi connectivity index (χ0) is 13.0. The zero-order valence-electron chi connectivity index (χ0n) is 9.82. The smallest absolute Gasteiger partial charge is 0.306 e. The number of hydrogen-bond acceptors (Lipinski definition) is 3. The summed E-state index contributed by atoms with van der Waals surface area (Å²) in [6.45, 7) is 0.387. The lowest BCUT2D eigenvalue weighted by Crippen LogP contribution is -2.33. The van der Waals surface area contributed by atoms with E-state index in [1.54, 1.807) is 12.1 Å². The molecule has 1 atom stereocenters. The molecule has 0 saturated carbocycles. The summed E-state index contributed by atoms with van der Waals surface area (Å²) in [5, 5.41) is 3.41. The minimum atomic E-state index is -0.188. The molecule has 1 aromatic rings. The molecule has 0 radical (unpaired) electrons. The average molecular weight is 268 g/mol. The molecule has 1 amide bonds. The fourth-order valence-corrected chi connectivity index (χ4v) is 1.93. The van der Waals surface area contributed by atoms with Crippen LogP contribution in [-0.4, -0.2) is 24.5 Å². The first-order valence-corrected chi connectivity index (χ1v) is 6.22. The van der Waals surface area contributed by atoms with Crippen LogP contribution in [0.1, 0.15) is 18.4 Å². The highest BCUT2D eigenvalue weighted by molar-refractivity contribution is 6.30. The van der Waals surface area contributed by atoms with Gasteiger partial charge in [-0.2, -0.15) is 0 Å². The highest BCUT2D eigenvalue weighted by Gasteiger charge is 2.23. The molecule has 1 unspecified atom stereocenters. The highest BCUT2D eigenvalue weighted by atomic mass is 35.5. The molecule has 1 aliphatic rings. The van der Waals surface area contributed by atoms with Crippen LogP contribution in [0.5, 0.6) is 0 Å². The Labute approximate surface area is 110 Å². The third-order valence-corrected chi connectivity index (χ3v) is 3.03. The number of benzene rings is 1. The summed E-state index contributed by atoms with van der Waals surface area (Å²) >= 11 is 5.76. The third kappa shape index (κ3) is 3.74. The molecule has 18 heavy (non-hydrogen) atoms. The largest absolute Gasteiger partial charge is 0.460 e. The van der Waals surface area contributed by atoms with Gasteiger partial charge in [-0.05, 0) is 24.1 Å². The lowest BCUT2D eigenvalue weighted by Gasteiger charge is -2.10. The van der Waals surface area contributed by atoms with Crippen molar-refractivity contribution in [2.24, 2.45) is 0 Å². The minimum absolute atomic E-state index is 0.0831. The molecular formula is C13H14ClNO3. The van der Waals surface area contributed by atoms with E-state index in [0.717, 1.165) is 5.56 Å². The Kier molecular flexibility index (Phi) is 4.20. The number of ether oxygens (including phenoxy) is 1. The maximum atomic E-state index is 11.7. The normalized spacial score (nSPS) is 18.5. The van der Waals surface area contributed by atoms with Crippen LogP contribution in [0.25, 0.3) is 0 Å². The van der Waals surface area contributed by atoms with Crippen molar-refractivity contribution >= 4 is 23.5 Å². The summed E-state index contributed by atoms with van der Waals surface area (Å²) in [6, 6.07) is 7.14. The van der Waals surface area contributed by atoms with Gasteiger partial charge < -0.3 is 10.1 Å². The fraction of sp³-hybridized carbons (Fsp3) is 0.385. The SMILES string of the molecule is O=C(Cc1ccc(Cl)cc1)NCC1CCC(=O)O1. The predicted molar refractivity (Wildman–Crippen MR) is 67.3 cm³/mol. The standard InChI is InChI=1S/C13H14ClNO3/c14-10-3-1-9(2-4-10)7-12(16)15-8-11-5-6-13(17)18-11/h1-4,11H,5-8H2,(H,15,16). The van der Waals surface area contributed by atoms with Gasteiger partial charge in [0, 0.05) is 11.4 Å². The zero-order valence-corrected chi connectivity index (χ0v) is 10.6. The van der Waals surface area contributed by atoms with Gasteiger partial charge in [0.25, 0.3) is 0 Å². The number of amides is 1. The molecule has 2 rings (SSSR count). The van der Waals surface area contributed by atoms with Gasteiger partial charge in [0.05, 0.1) is 13.0 Å². The monoisotopic (exact) mass is 267 g/mol. The van der Waals surface area contributed by atoms with Crippen molar-refractivity contribution in [3.8, 4) is 0 Å². The molecule has 0 aromatic heterocycles. The number of nitrogens with one attached hydrogen (secondary N) is 1. The van der Waals surface area contributed by atoms with E-state index < -0.39 is 0 Å². The lowest BCUT2D eigenvalue weighted by molar-refractivity contribution is -0.141. The van der Waals surface area contributed by atoms with Crippen LogP contribution in [0.2, 0.25) is 5.02 Å². The van der Waals surface area contributed by atoms with Crippen molar-refractivity contribution in [1.29, 1.82) is 0 Å². The third-order valence-electron chi connectivity index (χ3n) is 2.77. The van der Waals surface area contributed by atoms with Crippen molar-refractivity contribution in [3.05, 3.63) is 34.9 Å². The van der Waals surface area contributed by atoms with Gasteiger partial charge in [0.1, 0.15) is 6.10 Å². The van der Waals surface area contributed by atoms with Crippen LogP contribution < -0.4 is 5.32 Å². The molecule has 1 aliphatic heterocycles. The molecule has 0 spiro atoms. The van der Waals surface area contributed by atoms with Crippen LogP contribution in [0.15, 0.2) is 24.3 Å². The summed E-state index contributed by atoms with van der Waals surface area (Å²) in [7, 11) is 0. The Bertz CT molecular complexity index is 444. The Morgan fingerprint density at radius 2 is 2.11 bits per heavy atom. The van der Waals surface area contributed by atoms with Gasteiger partial charge in [0.15, 0.2) is 0 Å². The molecule has 1 fully saturated rings. The van der Waals surface area contributed by atoms with E-state index in [4.69, 9.17) is 16.3 Å². The second kappa shape index (κ2) is 5.87. The summed E-state index contributed by atoms with van der Waals surface area (Å²) in [5.41, 5.74) is 0.903. The van der Waals surface area contributed by atoms with E-state index in [1.807, 2.05) is 12.1 Å². The van der Waals surface area contributed by atoms with Gasteiger partial charge in [-0.1, -0.05) is 23.7 Å². The number of cyclic esters (lactones) is 1. The van der Waals surface area contributed by atoms with Crippen LogP contribution >= 0.6 is 11.6 Å². The van der Waals surface area contributed by atoms with E-state index in [-0.39, 0.29) is 18.0 Å². The number of halogens is 1. The molecule has 1 N–H and O–H groups in total. The lowest BCUT2D eigenvalue weighted by atomic mass is 10.1. The summed E-state index contributed by atoms with van der Waals surface area (Å²) in [4.78, 5) is 22.5. The van der Waals surface area contributed by atoms with Crippen LogP contribution in [0, 0.1) is 0 Å².